The number of hydrogen-bond acceptors (Lipinski definition) is 4. The van der Waals surface area contributed by atoms with E-state index in [0.717, 1.165) is 60.1 Å². The monoisotopic (exact) mass is 374 g/mol. The molecule has 1 aromatic carbocycles. The van der Waals surface area contributed by atoms with E-state index in [-0.39, 0.29) is 5.54 Å². The highest BCUT2D eigenvalue weighted by molar-refractivity contribution is 6.30. The number of nitrogens with one attached hydrogen (secondary N) is 1. The lowest BCUT2D eigenvalue weighted by atomic mass is 10.0. The Labute approximate surface area is 163 Å². The van der Waals surface area contributed by atoms with Crippen molar-refractivity contribution in [1.82, 2.24) is 15.1 Å². The molecular weight excluding hydrogens is 344 g/mol. The molecule has 0 amide bonds. The predicted molar refractivity (Wildman–Crippen MR) is 112 cm³/mol. The highest BCUT2D eigenvalue weighted by Gasteiger charge is 2.24. The van der Waals surface area contributed by atoms with Gasteiger partial charge in [0.15, 0.2) is 0 Å². The second kappa shape index (κ2) is 9.33. The van der Waals surface area contributed by atoms with E-state index < -0.39 is 0 Å². The third-order valence-corrected chi connectivity index (χ3v) is 5.09. The summed E-state index contributed by atoms with van der Waals surface area (Å²) in [4.78, 5) is 2.44. The van der Waals surface area contributed by atoms with E-state index in [1.54, 1.807) is 0 Å². The zero-order valence-corrected chi connectivity index (χ0v) is 17.4. The summed E-state index contributed by atoms with van der Waals surface area (Å²) in [5, 5.41) is 13.1. The Balaban J connectivity index is 2.25. The molecule has 1 aromatic heterocycles. The molecule has 0 radical (unpaired) electrons. The normalized spacial score (nSPS) is 11.8. The fourth-order valence-electron chi connectivity index (χ4n) is 3.30. The Kier molecular flexibility index (Phi) is 7.42. The van der Waals surface area contributed by atoms with Crippen LogP contribution < -0.4 is 5.32 Å². The van der Waals surface area contributed by atoms with Crippen molar-refractivity contribution in [2.45, 2.75) is 53.0 Å². The van der Waals surface area contributed by atoms with E-state index in [0.29, 0.717) is 0 Å². The molecule has 0 saturated carbocycles. The summed E-state index contributed by atoms with van der Waals surface area (Å²) in [7, 11) is 0. The second-order valence-corrected chi connectivity index (χ2v) is 7.62. The molecule has 4 nitrogen and oxygen atoms in total. The summed E-state index contributed by atoms with van der Waals surface area (Å²) >= 11 is 6.04. The molecule has 0 atom stereocenters. The van der Waals surface area contributed by atoms with Gasteiger partial charge in [0.2, 0.25) is 0 Å². The number of rotatable bonds is 9. The quantitative estimate of drug-likeness (QED) is 0.648. The first kappa shape index (κ1) is 20.7. The summed E-state index contributed by atoms with van der Waals surface area (Å²) in [6.07, 6.45) is 1.95. The fourth-order valence-corrected chi connectivity index (χ4v) is 3.43. The van der Waals surface area contributed by atoms with Gasteiger partial charge in [0, 0.05) is 22.7 Å². The van der Waals surface area contributed by atoms with Gasteiger partial charge in [0.1, 0.15) is 5.82 Å². The predicted octanol–water partition coefficient (Wildman–Crippen LogP) is 5.28. The van der Waals surface area contributed by atoms with Gasteiger partial charge in [-0.25, -0.2) is 0 Å². The molecule has 0 aliphatic rings. The van der Waals surface area contributed by atoms with Gasteiger partial charge in [0.25, 0.3) is 0 Å². The maximum Gasteiger partial charge on any atom is 0.149 e. The minimum Gasteiger partial charge on any atom is -0.367 e. The lowest BCUT2D eigenvalue weighted by Crippen LogP contribution is -2.48. The van der Waals surface area contributed by atoms with Crippen LogP contribution in [0.2, 0.25) is 5.02 Å². The van der Waals surface area contributed by atoms with Crippen LogP contribution in [0.15, 0.2) is 30.3 Å². The Hall–Kier alpha value is -1.65. The molecule has 0 fully saturated rings. The van der Waals surface area contributed by atoms with Crippen molar-refractivity contribution < 1.29 is 0 Å². The topological polar surface area (TPSA) is 41.1 Å². The molecule has 1 N–H and O–H groups in total. The van der Waals surface area contributed by atoms with Crippen LogP contribution in [0.4, 0.5) is 5.82 Å². The number of anilines is 1. The first-order valence-electron chi connectivity index (χ1n) is 9.52. The number of hydrogen-bond donors (Lipinski definition) is 1. The molecule has 0 bridgehead atoms. The zero-order valence-electron chi connectivity index (χ0n) is 16.6. The molecule has 0 aliphatic heterocycles. The summed E-state index contributed by atoms with van der Waals surface area (Å²) in [6.45, 7) is 13.9. The Bertz CT molecular complexity index is 694. The molecule has 0 aliphatic carbocycles. The average molecular weight is 375 g/mol. The number of nitrogens with zero attached hydrogens (tertiary/aromatic N) is 3. The molecule has 0 unspecified atom stereocenters. The summed E-state index contributed by atoms with van der Waals surface area (Å²) < 4.78 is 0. The van der Waals surface area contributed by atoms with Crippen molar-refractivity contribution in [3.05, 3.63) is 41.0 Å². The number of likely N-dealkylation sites (N-methyl/N-ethyl adjacent to an activating group) is 1. The lowest BCUT2D eigenvalue weighted by molar-refractivity contribution is 0.147. The number of benzene rings is 1. The standard InChI is InChI=1S/C21H31ClN4/c1-6-9-19-18(16-10-12-17(22)13-11-16)14-20(25-24-19)23-15-21(4,5)26(7-2)8-3/h10-14H,6-9,15H2,1-5H3,(H,23,25). The second-order valence-electron chi connectivity index (χ2n) is 7.19. The van der Waals surface area contributed by atoms with Crippen LogP contribution >= 0.6 is 11.6 Å². The highest BCUT2D eigenvalue weighted by Crippen LogP contribution is 2.27. The first-order chi connectivity index (χ1) is 12.4. The van der Waals surface area contributed by atoms with Gasteiger partial charge in [-0.2, -0.15) is 5.10 Å². The third kappa shape index (κ3) is 5.18. The number of halogens is 1. The van der Waals surface area contributed by atoms with Crippen LogP contribution in [0.1, 0.15) is 46.7 Å². The van der Waals surface area contributed by atoms with Gasteiger partial charge in [-0.3, -0.25) is 4.90 Å². The Morgan fingerprint density at radius 2 is 1.69 bits per heavy atom. The summed E-state index contributed by atoms with van der Waals surface area (Å²) in [5.41, 5.74) is 3.33. The minimum atomic E-state index is 0.0493. The van der Waals surface area contributed by atoms with Crippen LogP contribution in [0.25, 0.3) is 11.1 Å². The van der Waals surface area contributed by atoms with Crippen molar-refractivity contribution in [3.8, 4) is 11.1 Å². The smallest absolute Gasteiger partial charge is 0.149 e. The zero-order chi connectivity index (χ0) is 19.2. The molecule has 2 rings (SSSR count). The van der Waals surface area contributed by atoms with Gasteiger partial charge in [-0.05, 0) is 57.1 Å². The van der Waals surface area contributed by atoms with E-state index in [1.165, 1.54) is 0 Å². The van der Waals surface area contributed by atoms with Crippen molar-refractivity contribution in [2.24, 2.45) is 0 Å². The van der Waals surface area contributed by atoms with Crippen LogP contribution in [0.5, 0.6) is 0 Å². The summed E-state index contributed by atoms with van der Waals surface area (Å²) in [5.74, 6) is 0.815. The largest absolute Gasteiger partial charge is 0.367 e. The minimum absolute atomic E-state index is 0.0493. The molecular formula is C21H31ClN4. The van der Waals surface area contributed by atoms with Gasteiger partial charge in [-0.15, -0.1) is 5.10 Å². The SMILES string of the molecule is CCCc1nnc(NCC(C)(C)N(CC)CC)cc1-c1ccc(Cl)cc1. The molecule has 142 valence electrons. The van der Waals surface area contributed by atoms with Gasteiger partial charge in [-0.1, -0.05) is 50.9 Å². The van der Waals surface area contributed by atoms with Crippen molar-refractivity contribution in [2.75, 3.05) is 25.0 Å². The van der Waals surface area contributed by atoms with Crippen molar-refractivity contribution >= 4 is 17.4 Å². The molecule has 2 aromatic rings. The Morgan fingerprint density at radius 3 is 2.27 bits per heavy atom. The third-order valence-electron chi connectivity index (χ3n) is 4.83. The molecule has 5 heteroatoms. The van der Waals surface area contributed by atoms with Crippen LogP contribution in [0.3, 0.4) is 0 Å². The van der Waals surface area contributed by atoms with E-state index in [9.17, 15) is 0 Å². The number of aromatic nitrogens is 2. The fraction of sp³-hybridized carbons (Fsp3) is 0.524. The summed E-state index contributed by atoms with van der Waals surface area (Å²) in [6, 6.07) is 10.0. The van der Waals surface area contributed by atoms with Gasteiger partial charge >= 0.3 is 0 Å². The van der Waals surface area contributed by atoms with Crippen LogP contribution in [0, 0.1) is 0 Å². The first-order valence-corrected chi connectivity index (χ1v) is 9.90. The molecule has 0 saturated heterocycles. The van der Waals surface area contributed by atoms with Gasteiger partial charge in [0.05, 0.1) is 5.69 Å². The highest BCUT2D eigenvalue weighted by atomic mass is 35.5. The average Bonchev–Trinajstić information content (AvgIpc) is 2.63. The van der Waals surface area contributed by atoms with Crippen molar-refractivity contribution in [3.63, 3.8) is 0 Å². The Morgan fingerprint density at radius 1 is 1.04 bits per heavy atom. The van der Waals surface area contributed by atoms with E-state index >= 15 is 0 Å². The van der Waals surface area contributed by atoms with E-state index in [4.69, 9.17) is 11.6 Å². The van der Waals surface area contributed by atoms with Crippen molar-refractivity contribution in [1.29, 1.82) is 0 Å². The van der Waals surface area contributed by atoms with Gasteiger partial charge < -0.3 is 5.32 Å². The van der Waals surface area contributed by atoms with Crippen LogP contribution in [-0.2, 0) is 6.42 Å². The number of aryl methyl sites for hydroxylation is 1. The maximum absolute atomic E-state index is 6.04. The molecule has 1 heterocycles. The van der Waals surface area contributed by atoms with E-state index in [1.807, 2.05) is 24.3 Å². The lowest BCUT2D eigenvalue weighted by Gasteiger charge is -2.37. The molecule has 26 heavy (non-hydrogen) atoms. The van der Waals surface area contributed by atoms with Crippen LogP contribution in [-0.4, -0.2) is 40.3 Å². The maximum atomic E-state index is 6.04. The van der Waals surface area contributed by atoms with E-state index in [2.05, 4.69) is 61.1 Å². The molecule has 0 spiro atoms.